The zero-order valence-corrected chi connectivity index (χ0v) is 10.3. The van der Waals surface area contributed by atoms with Crippen molar-refractivity contribution < 1.29 is 15.0 Å². The Balaban J connectivity index is 2.19. The molecular weight excluding hydrogens is 230 g/mol. The summed E-state index contributed by atoms with van der Waals surface area (Å²) < 4.78 is 0. The highest BCUT2D eigenvalue weighted by Crippen LogP contribution is 2.31. The summed E-state index contributed by atoms with van der Waals surface area (Å²) in [6.07, 6.45) is 3.74. The molecule has 0 radical (unpaired) electrons. The van der Waals surface area contributed by atoms with Gasteiger partial charge in [0.2, 0.25) is 0 Å². The van der Waals surface area contributed by atoms with Crippen molar-refractivity contribution in [1.29, 1.82) is 0 Å². The van der Waals surface area contributed by atoms with E-state index in [1.165, 1.54) is 0 Å². The molecule has 1 saturated carbocycles. The van der Waals surface area contributed by atoms with Crippen LogP contribution < -0.4 is 5.32 Å². The number of carbonyl (C=O) groups is 1. The second-order valence-electron chi connectivity index (χ2n) is 4.97. The first-order valence-electron chi connectivity index (χ1n) is 6.33. The molecule has 2 rings (SSSR count). The number of rotatable bonds is 5. The van der Waals surface area contributed by atoms with Crippen LogP contribution in [0.25, 0.3) is 0 Å². The lowest BCUT2D eigenvalue weighted by Crippen LogP contribution is -2.49. The van der Waals surface area contributed by atoms with E-state index in [1.54, 1.807) is 12.1 Å². The predicted molar refractivity (Wildman–Crippen MR) is 68.2 cm³/mol. The van der Waals surface area contributed by atoms with Gasteiger partial charge in [0.1, 0.15) is 6.04 Å². The van der Waals surface area contributed by atoms with Crippen LogP contribution in [0.4, 0.5) is 0 Å². The number of hydrogen-bond acceptors (Lipinski definition) is 3. The van der Waals surface area contributed by atoms with Crippen LogP contribution >= 0.6 is 0 Å². The van der Waals surface area contributed by atoms with Crippen LogP contribution in [0, 0.1) is 0 Å². The van der Waals surface area contributed by atoms with Crippen LogP contribution in [-0.2, 0) is 4.79 Å². The average molecular weight is 249 g/mol. The molecule has 0 bridgehead atoms. The largest absolute Gasteiger partial charge is 0.480 e. The Bertz CT molecular complexity index is 399. The van der Waals surface area contributed by atoms with Crippen molar-refractivity contribution in [3.63, 3.8) is 0 Å². The molecule has 1 aliphatic rings. The van der Waals surface area contributed by atoms with Gasteiger partial charge in [0.15, 0.2) is 0 Å². The van der Waals surface area contributed by atoms with Gasteiger partial charge in [-0.3, -0.25) is 10.1 Å². The zero-order valence-electron chi connectivity index (χ0n) is 10.3. The highest BCUT2D eigenvalue weighted by atomic mass is 16.4. The number of aliphatic hydroxyl groups is 1. The van der Waals surface area contributed by atoms with Crippen LogP contribution in [0.2, 0.25) is 0 Å². The first-order valence-corrected chi connectivity index (χ1v) is 6.33. The van der Waals surface area contributed by atoms with E-state index in [0.717, 1.165) is 31.2 Å². The lowest BCUT2D eigenvalue weighted by Gasteiger charge is -2.31. The molecule has 98 valence electrons. The maximum Gasteiger partial charge on any atom is 0.325 e. The van der Waals surface area contributed by atoms with E-state index in [0.29, 0.717) is 0 Å². The second kappa shape index (κ2) is 5.50. The van der Waals surface area contributed by atoms with E-state index in [9.17, 15) is 15.0 Å². The summed E-state index contributed by atoms with van der Waals surface area (Å²) in [6, 6.07) is 8.36. The lowest BCUT2D eigenvalue weighted by molar-refractivity contribution is -0.140. The minimum Gasteiger partial charge on any atom is -0.480 e. The Hall–Kier alpha value is -1.39. The van der Waals surface area contributed by atoms with E-state index >= 15 is 0 Å². The highest BCUT2D eigenvalue weighted by molar-refractivity contribution is 5.75. The highest BCUT2D eigenvalue weighted by Gasteiger charge is 2.37. The van der Waals surface area contributed by atoms with Gasteiger partial charge < -0.3 is 10.2 Å². The third kappa shape index (κ3) is 2.71. The average Bonchev–Trinajstić information content (AvgIpc) is 2.86. The number of carboxylic acids is 1. The monoisotopic (exact) mass is 249 g/mol. The Labute approximate surface area is 107 Å². The van der Waals surface area contributed by atoms with Gasteiger partial charge in [-0.05, 0) is 18.4 Å². The Kier molecular flexibility index (Phi) is 3.99. The summed E-state index contributed by atoms with van der Waals surface area (Å²) >= 11 is 0. The molecule has 0 aliphatic heterocycles. The second-order valence-corrected chi connectivity index (χ2v) is 4.97. The molecule has 4 nitrogen and oxygen atoms in total. The van der Waals surface area contributed by atoms with E-state index in [1.807, 2.05) is 18.2 Å². The molecule has 1 aromatic rings. The fourth-order valence-electron chi connectivity index (χ4n) is 2.64. The summed E-state index contributed by atoms with van der Waals surface area (Å²) in [5.74, 6) is -0.902. The molecule has 4 heteroatoms. The molecule has 3 N–H and O–H groups in total. The fraction of sp³-hybridized carbons (Fsp3) is 0.500. The molecule has 0 amide bonds. The van der Waals surface area contributed by atoms with Gasteiger partial charge in [-0.1, -0.05) is 43.2 Å². The Morgan fingerprint density at radius 3 is 2.39 bits per heavy atom. The van der Waals surface area contributed by atoms with Gasteiger partial charge in [-0.15, -0.1) is 0 Å². The van der Waals surface area contributed by atoms with Gasteiger partial charge in [-0.25, -0.2) is 0 Å². The summed E-state index contributed by atoms with van der Waals surface area (Å²) in [5, 5.41) is 22.0. The number of benzene rings is 1. The maximum atomic E-state index is 11.4. The van der Waals surface area contributed by atoms with Gasteiger partial charge in [-0.2, -0.15) is 0 Å². The summed E-state index contributed by atoms with van der Waals surface area (Å²) in [6.45, 7) is -0.0103. The Morgan fingerprint density at radius 2 is 1.89 bits per heavy atom. The smallest absolute Gasteiger partial charge is 0.325 e. The van der Waals surface area contributed by atoms with Crippen molar-refractivity contribution in [1.82, 2.24) is 5.32 Å². The minimum atomic E-state index is -0.902. The van der Waals surface area contributed by atoms with Crippen molar-refractivity contribution in [2.24, 2.45) is 0 Å². The molecule has 0 aromatic heterocycles. The van der Waals surface area contributed by atoms with Crippen molar-refractivity contribution in [3.05, 3.63) is 35.9 Å². The molecule has 1 unspecified atom stereocenters. The minimum absolute atomic E-state index is 0.0103. The quantitative estimate of drug-likeness (QED) is 0.743. The van der Waals surface area contributed by atoms with Crippen molar-refractivity contribution in [2.75, 3.05) is 6.61 Å². The van der Waals surface area contributed by atoms with Gasteiger partial charge >= 0.3 is 5.97 Å². The molecule has 0 spiro atoms. The third-order valence-corrected chi connectivity index (χ3v) is 3.69. The van der Waals surface area contributed by atoms with Crippen LogP contribution in [0.15, 0.2) is 30.3 Å². The van der Waals surface area contributed by atoms with Crippen molar-refractivity contribution in [3.8, 4) is 0 Å². The number of hydrogen-bond donors (Lipinski definition) is 3. The van der Waals surface area contributed by atoms with Crippen molar-refractivity contribution >= 4 is 5.97 Å². The van der Waals surface area contributed by atoms with Gasteiger partial charge in [0, 0.05) is 5.54 Å². The van der Waals surface area contributed by atoms with Gasteiger partial charge in [0.05, 0.1) is 6.61 Å². The van der Waals surface area contributed by atoms with Crippen molar-refractivity contribution in [2.45, 2.75) is 37.3 Å². The van der Waals surface area contributed by atoms with Gasteiger partial charge in [0.25, 0.3) is 0 Å². The number of aliphatic carboxylic acids is 1. The fourth-order valence-corrected chi connectivity index (χ4v) is 2.64. The SMILES string of the molecule is O=C(O)C(NC1(CO)CCCC1)c1ccccc1. The van der Waals surface area contributed by atoms with Crippen LogP contribution in [0.3, 0.4) is 0 Å². The van der Waals surface area contributed by atoms with E-state index in [2.05, 4.69) is 5.32 Å². The summed E-state index contributed by atoms with van der Waals surface area (Å²) in [4.78, 5) is 11.4. The molecule has 1 atom stereocenters. The van der Waals surface area contributed by atoms with E-state index < -0.39 is 17.6 Å². The first-order chi connectivity index (χ1) is 8.67. The molecule has 0 heterocycles. The number of carboxylic acid groups (broad SMARTS) is 1. The molecule has 1 fully saturated rings. The van der Waals surface area contributed by atoms with E-state index in [-0.39, 0.29) is 6.61 Å². The Morgan fingerprint density at radius 1 is 1.28 bits per heavy atom. The molecule has 18 heavy (non-hydrogen) atoms. The zero-order chi connectivity index (χ0) is 13.0. The third-order valence-electron chi connectivity index (χ3n) is 3.69. The first kappa shape index (κ1) is 13.1. The number of nitrogens with one attached hydrogen (secondary N) is 1. The molecular formula is C14H19NO3. The lowest BCUT2D eigenvalue weighted by atomic mass is 9.95. The standard InChI is InChI=1S/C14H19NO3/c16-10-14(8-4-5-9-14)15-12(13(17)18)11-6-2-1-3-7-11/h1-3,6-7,12,15-16H,4-5,8-10H2,(H,17,18). The molecule has 1 aromatic carbocycles. The predicted octanol–water partition coefficient (Wildman–Crippen LogP) is 1.71. The maximum absolute atomic E-state index is 11.4. The topological polar surface area (TPSA) is 69.6 Å². The van der Waals surface area contributed by atoms with Crippen LogP contribution in [0.1, 0.15) is 37.3 Å². The molecule has 0 saturated heterocycles. The normalized spacial score (nSPS) is 19.6. The van der Waals surface area contributed by atoms with E-state index in [4.69, 9.17) is 0 Å². The molecule has 1 aliphatic carbocycles. The van der Waals surface area contributed by atoms with Crippen LogP contribution in [0.5, 0.6) is 0 Å². The van der Waals surface area contributed by atoms with Crippen LogP contribution in [-0.4, -0.2) is 28.3 Å². The number of aliphatic hydroxyl groups excluding tert-OH is 1. The summed E-state index contributed by atoms with van der Waals surface area (Å²) in [5.41, 5.74) is 0.295. The summed E-state index contributed by atoms with van der Waals surface area (Å²) in [7, 11) is 0.